The van der Waals surface area contributed by atoms with E-state index in [9.17, 15) is 0 Å². The Morgan fingerprint density at radius 2 is 1.94 bits per heavy atom. The van der Waals surface area contributed by atoms with Gasteiger partial charge in [0.25, 0.3) is 0 Å². The molecule has 2 aromatic rings. The van der Waals surface area contributed by atoms with E-state index in [2.05, 4.69) is 4.98 Å². The smallest absolute Gasteiger partial charge is 0.147 e. The van der Waals surface area contributed by atoms with Gasteiger partial charge in [-0.05, 0) is 18.2 Å². The van der Waals surface area contributed by atoms with Crippen LogP contribution in [0.2, 0.25) is 10.0 Å². The molecule has 0 unspecified atom stereocenters. The molecule has 0 aliphatic carbocycles. The maximum atomic E-state index is 5.88. The Hall–Kier alpha value is -1.29. The molecule has 0 fully saturated rings. The van der Waals surface area contributed by atoms with Gasteiger partial charge in [-0.1, -0.05) is 23.2 Å². The van der Waals surface area contributed by atoms with Crippen LogP contribution < -0.4 is 10.5 Å². The topological polar surface area (TPSA) is 48.1 Å². The lowest BCUT2D eigenvalue weighted by atomic mass is 10.2. The molecule has 3 nitrogen and oxygen atoms in total. The van der Waals surface area contributed by atoms with Crippen molar-refractivity contribution in [3.8, 4) is 11.5 Å². The molecule has 0 saturated heterocycles. The molecule has 0 saturated carbocycles. The molecule has 1 aromatic carbocycles. The van der Waals surface area contributed by atoms with E-state index >= 15 is 0 Å². The maximum Gasteiger partial charge on any atom is 0.147 e. The van der Waals surface area contributed by atoms with Crippen LogP contribution >= 0.6 is 23.2 Å². The summed E-state index contributed by atoms with van der Waals surface area (Å²) in [4.78, 5) is 3.94. The summed E-state index contributed by atoms with van der Waals surface area (Å²) in [6, 6.07) is 6.97. The highest BCUT2D eigenvalue weighted by Gasteiger charge is 2.05. The van der Waals surface area contributed by atoms with Gasteiger partial charge in [0.1, 0.15) is 11.5 Å². The van der Waals surface area contributed by atoms with E-state index in [1.165, 1.54) is 0 Å². The summed E-state index contributed by atoms with van der Waals surface area (Å²) in [6.45, 7) is 0.351. The number of nitrogens with zero attached hydrogens (tertiary/aromatic N) is 1. The van der Waals surface area contributed by atoms with Crippen LogP contribution in [0.1, 0.15) is 5.56 Å². The molecule has 2 N–H and O–H groups in total. The first-order valence-corrected chi connectivity index (χ1v) is 5.71. The Morgan fingerprint density at radius 1 is 1.12 bits per heavy atom. The van der Waals surface area contributed by atoms with E-state index in [4.69, 9.17) is 33.7 Å². The second-order valence-electron chi connectivity index (χ2n) is 3.40. The fourth-order valence-corrected chi connectivity index (χ4v) is 1.74. The summed E-state index contributed by atoms with van der Waals surface area (Å²) in [6.07, 6.45) is 3.13. The van der Waals surface area contributed by atoms with E-state index in [1.807, 2.05) is 0 Å². The van der Waals surface area contributed by atoms with Crippen molar-refractivity contribution >= 4 is 23.2 Å². The number of rotatable bonds is 3. The Balaban J connectivity index is 2.29. The number of halogens is 2. The molecule has 2 rings (SSSR count). The standard InChI is InChI=1S/C12H10Cl2N2O/c13-9-1-2-12(8(3-9)5-15)17-11-4-10(14)6-16-7-11/h1-4,6-7H,5,15H2. The molecular weight excluding hydrogens is 259 g/mol. The third kappa shape index (κ3) is 3.09. The Kier molecular flexibility index (Phi) is 3.84. The van der Waals surface area contributed by atoms with Gasteiger partial charge in [0, 0.05) is 29.4 Å². The van der Waals surface area contributed by atoms with E-state index in [-0.39, 0.29) is 0 Å². The predicted octanol–water partition coefficient (Wildman–Crippen LogP) is 3.64. The molecule has 0 spiro atoms. The normalized spacial score (nSPS) is 10.3. The van der Waals surface area contributed by atoms with Crippen LogP contribution in [-0.4, -0.2) is 4.98 Å². The minimum Gasteiger partial charge on any atom is -0.455 e. The lowest BCUT2D eigenvalue weighted by Gasteiger charge is -2.10. The van der Waals surface area contributed by atoms with Crippen LogP contribution in [0.15, 0.2) is 36.7 Å². The molecule has 17 heavy (non-hydrogen) atoms. The van der Waals surface area contributed by atoms with Crippen molar-refractivity contribution in [3.63, 3.8) is 0 Å². The first-order valence-electron chi connectivity index (χ1n) is 4.96. The third-order valence-corrected chi connectivity index (χ3v) is 2.59. The van der Waals surface area contributed by atoms with E-state index in [0.717, 1.165) is 5.56 Å². The highest BCUT2D eigenvalue weighted by atomic mass is 35.5. The summed E-state index contributed by atoms with van der Waals surface area (Å²) in [5, 5.41) is 1.15. The first kappa shape index (κ1) is 12.2. The zero-order chi connectivity index (χ0) is 12.3. The van der Waals surface area contributed by atoms with Gasteiger partial charge in [-0.25, -0.2) is 0 Å². The number of hydrogen-bond donors (Lipinski definition) is 1. The lowest BCUT2D eigenvalue weighted by Crippen LogP contribution is -1.99. The quantitative estimate of drug-likeness (QED) is 0.925. The fraction of sp³-hybridized carbons (Fsp3) is 0.0833. The molecule has 1 aromatic heterocycles. The van der Waals surface area contributed by atoms with Crippen molar-refractivity contribution in [1.29, 1.82) is 0 Å². The molecular formula is C12H10Cl2N2O. The second kappa shape index (κ2) is 5.36. The number of benzene rings is 1. The summed E-state index contributed by atoms with van der Waals surface area (Å²) >= 11 is 11.7. The van der Waals surface area contributed by atoms with E-state index in [0.29, 0.717) is 28.1 Å². The van der Waals surface area contributed by atoms with E-state index < -0.39 is 0 Å². The van der Waals surface area contributed by atoms with Gasteiger partial charge in [-0.15, -0.1) is 0 Å². The lowest BCUT2D eigenvalue weighted by molar-refractivity contribution is 0.474. The largest absolute Gasteiger partial charge is 0.455 e. The zero-order valence-electron chi connectivity index (χ0n) is 8.86. The van der Waals surface area contributed by atoms with Gasteiger partial charge in [-0.3, -0.25) is 4.98 Å². The summed E-state index contributed by atoms with van der Waals surface area (Å²) in [5.41, 5.74) is 6.45. The van der Waals surface area contributed by atoms with Crippen LogP contribution in [0.4, 0.5) is 0 Å². The SMILES string of the molecule is NCc1cc(Cl)ccc1Oc1cncc(Cl)c1. The Bertz CT molecular complexity index is 532. The first-order chi connectivity index (χ1) is 8.19. The number of hydrogen-bond acceptors (Lipinski definition) is 3. The van der Waals surface area contributed by atoms with Crippen LogP contribution in [0.5, 0.6) is 11.5 Å². The zero-order valence-corrected chi connectivity index (χ0v) is 10.4. The van der Waals surface area contributed by atoms with Crippen molar-refractivity contribution in [3.05, 3.63) is 52.3 Å². The van der Waals surface area contributed by atoms with Crippen molar-refractivity contribution < 1.29 is 4.74 Å². The molecule has 5 heteroatoms. The highest BCUT2D eigenvalue weighted by Crippen LogP contribution is 2.28. The number of ether oxygens (including phenoxy) is 1. The second-order valence-corrected chi connectivity index (χ2v) is 4.27. The van der Waals surface area contributed by atoms with Gasteiger partial charge in [0.05, 0.1) is 11.2 Å². The van der Waals surface area contributed by atoms with Crippen molar-refractivity contribution in [1.82, 2.24) is 4.98 Å². The third-order valence-electron chi connectivity index (χ3n) is 2.15. The predicted molar refractivity (Wildman–Crippen MR) is 68.7 cm³/mol. The van der Waals surface area contributed by atoms with Gasteiger partial charge in [0.2, 0.25) is 0 Å². The Morgan fingerprint density at radius 3 is 2.65 bits per heavy atom. The minimum atomic E-state index is 0.351. The summed E-state index contributed by atoms with van der Waals surface area (Å²) in [7, 11) is 0. The molecule has 1 heterocycles. The monoisotopic (exact) mass is 268 g/mol. The van der Waals surface area contributed by atoms with Crippen molar-refractivity contribution in [2.75, 3.05) is 0 Å². The minimum absolute atomic E-state index is 0.351. The van der Waals surface area contributed by atoms with Crippen molar-refractivity contribution in [2.24, 2.45) is 5.73 Å². The van der Waals surface area contributed by atoms with Crippen LogP contribution in [0.25, 0.3) is 0 Å². The molecule has 0 aliphatic heterocycles. The Labute approximate surface area is 109 Å². The van der Waals surface area contributed by atoms with Gasteiger partial charge in [0.15, 0.2) is 0 Å². The van der Waals surface area contributed by atoms with Gasteiger partial charge in [-0.2, -0.15) is 0 Å². The average Bonchev–Trinajstić information content (AvgIpc) is 2.31. The maximum absolute atomic E-state index is 5.88. The van der Waals surface area contributed by atoms with E-state index in [1.54, 1.807) is 36.7 Å². The molecule has 0 aliphatic rings. The van der Waals surface area contributed by atoms with Crippen LogP contribution in [-0.2, 0) is 6.54 Å². The molecule has 0 bridgehead atoms. The average molecular weight is 269 g/mol. The van der Waals surface area contributed by atoms with Crippen LogP contribution in [0, 0.1) is 0 Å². The summed E-state index contributed by atoms with van der Waals surface area (Å²) in [5.74, 6) is 1.22. The molecule has 0 atom stereocenters. The molecule has 88 valence electrons. The number of pyridine rings is 1. The summed E-state index contributed by atoms with van der Waals surface area (Å²) < 4.78 is 5.65. The highest BCUT2D eigenvalue weighted by molar-refractivity contribution is 6.30. The van der Waals surface area contributed by atoms with Crippen LogP contribution in [0.3, 0.4) is 0 Å². The number of aromatic nitrogens is 1. The number of nitrogens with two attached hydrogens (primary N) is 1. The molecule has 0 radical (unpaired) electrons. The van der Waals surface area contributed by atoms with Gasteiger partial charge >= 0.3 is 0 Å². The fourth-order valence-electron chi connectivity index (χ4n) is 1.38. The van der Waals surface area contributed by atoms with Gasteiger partial charge < -0.3 is 10.5 Å². The molecule has 0 amide bonds. The van der Waals surface area contributed by atoms with Crippen molar-refractivity contribution in [2.45, 2.75) is 6.54 Å².